The van der Waals surface area contributed by atoms with Gasteiger partial charge < -0.3 is 5.32 Å². The number of hydrogen-bond acceptors (Lipinski definition) is 4. The molecule has 2 aromatic heterocycles. The molecule has 1 amide bonds. The van der Waals surface area contributed by atoms with Crippen LogP contribution in [-0.2, 0) is 17.8 Å². The van der Waals surface area contributed by atoms with Crippen LogP contribution in [0.3, 0.4) is 0 Å². The van der Waals surface area contributed by atoms with Gasteiger partial charge in [0.1, 0.15) is 0 Å². The van der Waals surface area contributed by atoms with E-state index in [1.54, 1.807) is 22.2 Å². The zero-order valence-electron chi connectivity index (χ0n) is 15.5. The van der Waals surface area contributed by atoms with Crippen molar-refractivity contribution in [1.82, 2.24) is 20.1 Å². The third-order valence-corrected chi connectivity index (χ3v) is 5.15. The van der Waals surface area contributed by atoms with E-state index in [0.717, 1.165) is 33.1 Å². The number of nitrogens with one attached hydrogen (secondary N) is 1. The first-order chi connectivity index (χ1) is 13.7. The molecular weight excluding hydrogens is 368 g/mol. The Morgan fingerprint density at radius 1 is 1.07 bits per heavy atom. The lowest BCUT2D eigenvalue weighted by molar-refractivity contribution is -0.120. The molecule has 140 valence electrons. The first-order valence-corrected chi connectivity index (χ1v) is 9.92. The fraction of sp³-hybridized carbons (Fsp3) is 0.136. The first kappa shape index (κ1) is 18.1. The van der Waals surface area contributed by atoms with Crippen molar-refractivity contribution in [1.29, 1.82) is 0 Å². The molecule has 0 fully saturated rings. The lowest BCUT2D eigenvalue weighted by atomic mass is 10.1. The van der Waals surface area contributed by atoms with Gasteiger partial charge in [-0.25, -0.2) is 9.67 Å². The third kappa shape index (κ3) is 4.35. The minimum Gasteiger partial charge on any atom is -0.352 e. The standard InChI is InChI=1S/C22H20N4OS/c1-16-25-21(15-28-16)19-9-7-17(8-10-19)11-22(27)23-12-18-13-24-26(14-18)20-5-3-2-4-6-20/h2-10,13-15H,11-12H2,1H3,(H,23,27). The van der Waals surface area contributed by atoms with Crippen molar-refractivity contribution in [3.8, 4) is 16.9 Å². The lowest BCUT2D eigenvalue weighted by Crippen LogP contribution is -2.24. The van der Waals surface area contributed by atoms with Gasteiger partial charge in [-0.3, -0.25) is 4.79 Å². The molecule has 0 saturated carbocycles. The Balaban J connectivity index is 1.32. The number of rotatable bonds is 6. The molecule has 0 spiro atoms. The van der Waals surface area contributed by atoms with Crippen LogP contribution in [0, 0.1) is 6.92 Å². The summed E-state index contributed by atoms with van der Waals surface area (Å²) in [5, 5.41) is 10.4. The smallest absolute Gasteiger partial charge is 0.224 e. The number of nitrogens with zero attached hydrogens (tertiary/aromatic N) is 3. The second kappa shape index (κ2) is 8.19. The zero-order valence-corrected chi connectivity index (χ0v) is 16.3. The largest absolute Gasteiger partial charge is 0.352 e. The molecule has 1 N–H and O–H groups in total. The van der Waals surface area contributed by atoms with Crippen LogP contribution in [0.1, 0.15) is 16.1 Å². The van der Waals surface area contributed by atoms with Crippen molar-refractivity contribution in [2.24, 2.45) is 0 Å². The summed E-state index contributed by atoms with van der Waals surface area (Å²) >= 11 is 1.64. The molecule has 2 heterocycles. The van der Waals surface area contributed by atoms with Crippen molar-refractivity contribution in [2.75, 3.05) is 0 Å². The predicted molar refractivity (Wildman–Crippen MR) is 111 cm³/mol. The molecular formula is C22H20N4OS. The van der Waals surface area contributed by atoms with E-state index in [0.29, 0.717) is 13.0 Å². The summed E-state index contributed by atoms with van der Waals surface area (Å²) in [6.07, 6.45) is 4.06. The molecule has 0 atom stereocenters. The maximum Gasteiger partial charge on any atom is 0.224 e. The van der Waals surface area contributed by atoms with Crippen LogP contribution in [0.15, 0.2) is 72.4 Å². The van der Waals surface area contributed by atoms with Gasteiger partial charge in [-0.1, -0.05) is 42.5 Å². The Bertz CT molecular complexity index is 1070. The summed E-state index contributed by atoms with van der Waals surface area (Å²) in [5.74, 6) is -0.00952. The number of hydrogen-bond donors (Lipinski definition) is 1. The topological polar surface area (TPSA) is 59.8 Å². The highest BCUT2D eigenvalue weighted by molar-refractivity contribution is 7.09. The average Bonchev–Trinajstić information content (AvgIpc) is 3.37. The normalized spacial score (nSPS) is 10.8. The fourth-order valence-corrected chi connectivity index (χ4v) is 3.53. The van der Waals surface area contributed by atoms with Crippen LogP contribution < -0.4 is 5.32 Å². The van der Waals surface area contributed by atoms with Crippen molar-refractivity contribution >= 4 is 17.2 Å². The molecule has 0 aliphatic heterocycles. The molecule has 4 rings (SSSR count). The minimum absolute atomic E-state index is 0.00952. The Kier molecular flexibility index (Phi) is 5.30. The van der Waals surface area contributed by atoms with Gasteiger partial charge in [-0.2, -0.15) is 5.10 Å². The molecule has 6 heteroatoms. The van der Waals surface area contributed by atoms with Gasteiger partial charge in [0.05, 0.1) is 29.0 Å². The summed E-state index contributed by atoms with van der Waals surface area (Å²) in [6.45, 7) is 2.46. The van der Waals surface area contributed by atoms with E-state index < -0.39 is 0 Å². The number of amides is 1. The third-order valence-electron chi connectivity index (χ3n) is 4.38. The van der Waals surface area contributed by atoms with Crippen LogP contribution in [0.5, 0.6) is 0 Å². The van der Waals surface area contributed by atoms with E-state index in [-0.39, 0.29) is 5.91 Å². The van der Waals surface area contributed by atoms with E-state index in [9.17, 15) is 4.79 Å². The summed E-state index contributed by atoms with van der Waals surface area (Å²) < 4.78 is 1.81. The number of carbonyl (C=O) groups is 1. The van der Waals surface area contributed by atoms with Gasteiger partial charge >= 0.3 is 0 Å². The molecule has 0 bridgehead atoms. The molecule has 0 aliphatic carbocycles. The summed E-state index contributed by atoms with van der Waals surface area (Å²) in [7, 11) is 0. The quantitative estimate of drug-likeness (QED) is 0.539. The van der Waals surface area contributed by atoms with Crippen molar-refractivity contribution < 1.29 is 4.79 Å². The van der Waals surface area contributed by atoms with Crippen LogP contribution in [0.25, 0.3) is 16.9 Å². The molecule has 0 unspecified atom stereocenters. The highest BCUT2D eigenvalue weighted by atomic mass is 32.1. The van der Waals surface area contributed by atoms with Crippen LogP contribution in [0.4, 0.5) is 0 Å². The maximum absolute atomic E-state index is 12.3. The highest BCUT2D eigenvalue weighted by Crippen LogP contribution is 2.21. The van der Waals surface area contributed by atoms with Crippen LogP contribution >= 0.6 is 11.3 Å². The Labute approximate surface area is 167 Å². The monoisotopic (exact) mass is 388 g/mol. The number of thiazole rings is 1. The first-order valence-electron chi connectivity index (χ1n) is 9.04. The van der Waals surface area contributed by atoms with Gasteiger partial charge in [0, 0.05) is 29.2 Å². The van der Waals surface area contributed by atoms with E-state index in [4.69, 9.17) is 0 Å². The molecule has 2 aromatic carbocycles. The van der Waals surface area contributed by atoms with Gasteiger partial charge in [0.25, 0.3) is 0 Å². The van der Waals surface area contributed by atoms with Crippen molar-refractivity contribution in [3.05, 3.63) is 88.5 Å². The average molecular weight is 388 g/mol. The second-order valence-corrected chi connectivity index (χ2v) is 7.59. The number of para-hydroxylation sites is 1. The van der Waals surface area contributed by atoms with Crippen LogP contribution in [0.2, 0.25) is 0 Å². The molecule has 0 saturated heterocycles. The fourth-order valence-electron chi connectivity index (χ4n) is 2.91. The van der Waals surface area contributed by atoms with Crippen LogP contribution in [-0.4, -0.2) is 20.7 Å². The van der Waals surface area contributed by atoms with Gasteiger partial charge in [-0.15, -0.1) is 11.3 Å². The Morgan fingerprint density at radius 2 is 1.86 bits per heavy atom. The molecule has 0 radical (unpaired) electrons. The number of carbonyl (C=O) groups excluding carboxylic acids is 1. The van der Waals surface area contributed by atoms with E-state index >= 15 is 0 Å². The van der Waals surface area contributed by atoms with Crippen molar-refractivity contribution in [3.63, 3.8) is 0 Å². The number of benzene rings is 2. The lowest BCUT2D eigenvalue weighted by Gasteiger charge is -2.05. The molecule has 4 aromatic rings. The minimum atomic E-state index is -0.00952. The summed E-state index contributed by atoms with van der Waals surface area (Å²) in [6, 6.07) is 17.9. The van der Waals surface area contributed by atoms with Crippen molar-refractivity contribution in [2.45, 2.75) is 19.9 Å². The maximum atomic E-state index is 12.3. The summed E-state index contributed by atoms with van der Waals surface area (Å²) in [5.41, 5.74) is 4.99. The van der Waals surface area contributed by atoms with E-state index in [1.165, 1.54) is 0 Å². The Hall–Kier alpha value is -3.25. The zero-order chi connectivity index (χ0) is 19.3. The highest BCUT2D eigenvalue weighted by Gasteiger charge is 2.07. The van der Waals surface area contributed by atoms with Gasteiger partial charge in [-0.05, 0) is 24.6 Å². The van der Waals surface area contributed by atoms with E-state index in [1.807, 2.05) is 73.1 Å². The van der Waals surface area contributed by atoms with Gasteiger partial charge in [0.15, 0.2) is 0 Å². The predicted octanol–water partition coefficient (Wildman–Crippen LogP) is 4.16. The summed E-state index contributed by atoms with van der Waals surface area (Å²) in [4.78, 5) is 16.8. The molecule has 0 aliphatic rings. The molecule has 5 nitrogen and oxygen atoms in total. The van der Waals surface area contributed by atoms with Gasteiger partial charge in [0.2, 0.25) is 5.91 Å². The number of aromatic nitrogens is 3. The SMILES string of the molecule is Cc1nc(-c2ccc(CC(=O)NCc3cnn(-c4ccccc4)c3)cc2)cs1. The second-order valence-electron chi connectivity index (χ2n) is 6.53. The molecule has 28 heavy (non-hydrogen) atoms. The number of aryl methyl sites for hydroxylation is 1. The Morgan fingerprint density at radius 3 is 2.57 bits per heavy atom. The van der Waals surface area contributed by atoms with E-state index in [2.05, 4.69) is 15.4 Å².